The normalized spacial score (nSPS) is 33.9. The van der Waals surface area contributed by atoms with Crippen molar-refractivity contribution in [2.24, 2.45) is 5.92 Å². The molecular weight excluding hydrogens is 296 g/mol. The molecule has 0 N–H and O–H groups in total. The van der Waals surface area contributed by atoms with Crippen LogP contribution in [-0.2, 0) is 11.3 Å². The van der Waals surface area contributed by atoms with Crippen LogP contribution in [0, 0.1) is 5.92 Å². The third-order valence-corrected chi connectivity index (χ3v) is 5.96. The summed E-state index contributed by atoms with van der Waals surface area (Å²) in [6.45, 7) is 7.97. The maximum absolute atomic E-state index is 6.35. The molecule has 0 radical (unpaired) electrons. The van der Waals surface area contributed by atoms with Crippen molar-refractivity contribution in [3.8, 4) is 0 Å². The number of piperidine rings is 1. The van der Waals surface area contributed by atoms with Crippen LogP contribution in [0.1, 0.15) is 37.8 Å². The zero-order valence-electron chi connectivity index (χ0n) is 13.2. The van der Waals surface area contributed by atoms with Crippen LogP contribution in [-0.4, -0.2) is 64.3 Å². The van der Waals surface area contributed by atoms with Gasteiger partial charge in [0.25, 0.3) is 0 Å². The molecule has 1 spiro atoms. The fraction of sp³-hybridized carbons (Fsp3) is 0.875. The van der Waals surface area contributed by atoms with E-state index in [0.717, 1.165) is 31.3 Å². The van der Waals surface area contributed by atoms with Crippen molar-refractivity contribution < 1.29 is 4.74 Å². The van der Waals surface area contributed by atoms with Gasteiger partial charge in [0.05, 0.1) is 17.9 Å². The lowest BCUT2D eigenvalue weighted by Gasteiger charge is -2.39. The smallest absolute Gasteiger partial charge is 0.0895 e. The van der Waals surface area contributed by atoms with Gasteiger partial charge in [-0.15, -0.1) is 5.10 Å². The highest BCUT2D eigenvalue weighted by molar-refractivity contribution is 7.03. The van der Waals surface area contributed by atoms with Gasteiger partial charge in [-0.3, -0.25) is 4.90 Å². The molecule has 1 aromatic heterocycles. The first-order valence-electron chi connectivity index (χ1n) is 8.66. The molecule has 3 saturated heterocycles. The van der Waals surface area contributed by atoms with E-state index in [0.29, 0.717) is 0 Å². The van der Waals surface area contributed by atoms with Gasteiger partial charge in [0.2, 0.25) is 0 Å². The molecule has 0 amide bonds. The average molecular weight is 322 g/mol. The second kappa shape index (κ2) is 6.51. The third kappa shape index (κ3) is 3.35. The van der Waals surface area contributed by atoms with E-state index in [1.54, 1.807) is 0 Å². The van der Waals surface area contributed by atoms with E-state index in [1.165, 1.54) is 69.8 Å². The van der Waals surface area contributed by atoms with E-state index in [-0.39, 0.29) is 5.60 Å². The lowest BCUT2D eigenvalue weighted by Crippen LogP contribution is -2.47. The highest BCUT2D eigenvalue weighted by Crippen LogP contribution is 2.38. The second-order valence-corrected chi connectivity index (χ2v) is 7.89. The number of likely N-dealkylation sites (tertiary alicyclic amines) is 2. The van der Waals surface area contributed by atoms with Crippen molar-refractivity contribution in [2.75, 3.05) is 39.3 Å². The molecule has 0 aliphatic carbocycles. The minimum Gasteiger partial charge on any atom is -0.373 e. The molecule has 3 aliphatic rings. The number of rotatable bonds is 4. The molecule has 1 aromatic rings. The van der Waals surface area contributed by atoms with Crippen LogP contribution in [0.2, 0.25) is 0 Å². The van der Waals surface area contributed by atoms with Crippen LogP contribution in [0.3, 0.4) is 0 Å². The standard InChI is InChI=1S/C16H26N4OS/c1-2-6-19(5-1)9-14-8-16(21-11-14)4-3-7-20(13-16)10-15-12-22-18-17-15/h12,14H,1-11,13H2. The molecule has 0 bridgehead atoms. The predicted octanol–water partition coefficient (Wildman–Crippen LogP) is 2.00. The summed E-state index contributed by atoms with van der Waals surface area (Å²) in [5.74, 6) is 0.735. The third-order valence-electron chi connectivity index (χ3n) is 5.41. The van der Waals surface area contributed by atoms with Crippen LogP contribution in [0.15, 0.2) is 5.38 Å². The summed E-state index contributed by atoms with van der Waals surface area (Å²) >= 11 is 1.45. The van der Waals surface area contributed by atoms with E-state index >= 15 is 0 Å². The Bertz CT molecular complexity index is 477. The molecule has 122 valence electrons. The van der Waals surface area contributed by atoms with Gasteiger partial charge in [0, 0.05) is 25.0 Å². The van der Waals surface area contributed by atoms with E-state index in [2.05, 4.69) is 24.8 Å². The number of nitrogens with zero attached hydrogens (tertiary/aromatic N) is 4. The summed E-state index contributed by atoms with van der Waals surface area (Å²) in [7, 11) is 0. The summed E-state index contributed by atoms with van der Waals surface area (Å²) in [4.78, 5) is 5.15. The van der Waals surface area contributed by atoms with Crippen molar-refractivity contribution in [2.45, 2.75) is 44.2 Å². The maximum atomic E-state index is 6.35. The van der Waals surface area contributed by atoms with E-state index < -0.39 is 0 Å². The number of hydrogen-bond acceptors (Lipinski definition) is 6. The van der Waals surface area contributed by atoms with Crippen molar-refractivity contribution in [1.29, 1.82) is 0 Å². The first kappa shape index (κ1) is 15.0. The van der Waals surface area contributed by atoms with Crippen LogP contribution in [0.4, 0.5) is 0 Å². The van der Waals surface area contributed by atoms with Crippen LogP contribution in [0.5, 0.6) is 0 Å². The zero-order chi connectivity index (χ0) is 14.8. The number of aromatic nitrogens is 2. The zero-order valence-corrected chi connectivity index (χ0v) is 14.1. The van der Waals surface area contributed by atoms with E-state index in [1.807, 2.05) is 0 Å². The van der Waals surface area contributed by atoms with Gasteiger partial charge < -0.3 is 9.64 Å². The molecule has 2 atom stereocenters. The molecule has 3 fully saturated rings. The molecule has 4 heterocycles. The quantitative estimate of drug-likeness (QED) is 0.848. The SMILES string of the molecule is c1snnc1CN1CCCC2(CC(CN3CCCC3)CO2)C1. The summed E-state index contributed by atoms with van der Waals surface area (Å²) < 4.78 is 10.3. The lowest BCUT2D eigenvalue weighted by molar-refractivity contribution is -0.0538. The summed E-state index contributed by atoms with van der Waals surface area (Å²) in [5, 5.41) is 6.25. The van der Waals surface area contributed by atoms with Gasteiger partial charge in [-0.2, -0.15) is 0 Å². The Morgan fingerprint density at radius 2 is 2.09 bits per heavy atom. The van der Waals surface area contributed by atoms with Crippen molar-refractivity contribution in [3.05, 3.63) is 11.1 Å². The molecule has 4 rings (SSSR count). The Labute approximate surface area is 136 Å². The molecular formula is C16H26N4OS. The predicted molar refractivity (Wildman–Crippen MR) is 86.9 cm³/mol. The Hall–Kier alpha value is -0.560. The van der Waals surface area contributed by atoms with Gasteiger partial charge in [-0.1, -0.05) is 4.49 Å². The first-order chi connectivity index (χ1) is 10.8. The van der Waals surface area contributed by atoms with Gasteiger partial charge in [0.1, 0.15) is 0 Å². The topological polar surface area (TPSA) is 41.5 Å². The van der Waals surface area contributed by atoms with Crippen LogP contribution < -0.4 is 0 Å². The largest absolute Gasteiger partial charge is 0.373 e. The maximum Gasteiger partial charge on any atom is 0.0895 e. The van der Waals surface area contributed by atoms with Crippen LogP contribution in [0.25, 0.3) is 0 Å². The first-order valence-corrected chi connectivity index (χ1v) is 9.50. The highest BCUT2D eigenvalue weighted by atomic mass is 32.1. The Morgan fingerprint density at radius 3 is 2.91 bits per heavy atom. The summed E-state index contributed by atoms with van der Waals surface area (Å²) in [5.41, 5.74) is 1.22. The fourth-order valence-corrected chi connectivity index (χ4v) is 4.92. The van der Waals surface area contributed by atoms with Gasteiger partial charge in [-0.05, 0) is 69.2 Å². The Kier molecular flexibility index (Phi) is 4.44. The minimum atomic E-state index is 0.117. The lowest BCUT2D eigenvalue weighted by atomic mass is 9.86. The van der Waals surface area contributed by atoms with Gasteiger partial charge in [-0.25, -0.2) is 0 Å². The fourth-order valence-electron chi connectivity index (χ4n) is 4.48. The van der Waals surface area contributed by atoms with Gasteiger partial charge in [0.15, 0.2) is 0 Å². The van der Waals surface area contributed by atoms with Crippen molar-refractivity contribution in [3.63, 3.8) is 0 Å². The van der Waals surface area contributed by atoms with Crippen molar-refractivity contribution >= 4 is 11.5 Å². The average Bonchev–Trinajstić information content (AvgIpc) is 3.24. The summed E-state index contributed by atoms with van der Waals surface area (Å²) in [6, 6.07) is 0. The summed E-state index contributed by atoms with van der Waals surface area (Å²) in [6.07, 6.45) is 6.49. The highest BCUT2D eigenvalue weighted by Gasteiger charge is 2.43. The van der Waals surface area contributed by atoms with E-state index in [9.17, 15) is 0 Å². The molecule has 2 unspecified atom stereocenters. The molecule has 22 heavy (non-hydrogen) atoms. The second-order valence-electron chi connectivity index (χ2n) is 7.28. The molecule has 6 heteroatoms. The van der Waals surface area contributed by atoms with Crippen LogP contribution >= 0.6 is 11.5 Å². The molecule has 3 aliphatic heterocycles. The Morgan fingerprint density at radius 1 is 1.23 bits per heavy atom. The Balaban J connectivity index is 1.33. The monoisotopic (exact) mass is 322 g/mol. The minimum absolute atomic E-state index is 0.117. The molecule has 5 nitrogen and oxygen atoms in total. The number of ether oxygens (including phenoxy) is 1. The van der Waals surface area contributed by atoms with E-state index in [4.69, 9.17) is 4.74 Å². The molecule has 0 saturated carbocycles. The van der Waals surface area contributed by atoms with Gasteiger partial charge >= 0.3 is 0 Å². The number of hydrogen-bond donors (Lipinski definition) is 0. The molecule has 0 aromatic carbocycles. The van der Waals surface area contributed by atoms with Crippen molar-refractivity contribution in [1.82, 2.24) is 19.4 Å².